The zero-order valence-electron chi connectivity index (χ0n) is 12.6. The summed E-state index contributed by atoms with van der Waals surface area (Å²) in [5, 5.41) is 13.4. The van der Waals surface area contributed by atoms with E-state index in [9.17, 15) is 5.11 Å². The first-order chi connectivity index (χ1) is 10.1. The molecule has 4 nitrogen and oxygen atoms in total. The van der Waals surface area contributed by atoms with E-state index in [0.717, 1.165) is 30.5 Å². The number of rotatable bonds is 6. The molecule has 3 N–H and O–H groups in total. The predicted molar refractivity (Wildman–Crippen MR) is 85.4 cm³/mol. The Balaban J connectivity index is 2.03. The lowest BCUT2D eigenvalue weighted by atomic mass is 9.93. The normalized spacial score (nSPS) is 25.9. The molecule has 1 aromatic rings. The highest BCUT2D eigenvalue weighted by atomic mass is 16.6. The Morgan fingerprint density at radius 1 is 1.52 bits per heavy atom. The fourth-order valence-electron chi connectivity index (χ4n) is 2.82. The van der Waals surface area contributed by atoms with Crippen molar-refractivity contribution in [1.29, 1.82) is 0 Å². The minimum Gasteiger partial charge on any atom is -0.394 e. The Kier molecular flexibility index (Phi) is 5.15. The lowest BCUT2D eigenvalue weighted by molar-refractivity contribution is 0.175. The Morgan fingerprint density at radius 3 is 2.81 bits per heavy atom. The van der Waals surface area contributed by atoms with Crippen molar-refractivity contribution in [2.75, 3.05) is 13.2 Å². The molecular weight excluding hydrogens is 264 g/mol. The van der Waals surface area contributed by atoms with Crippen molar-refractivity contribution in [3.8, 4) is 0 Å². The van der Waals surface area contributed by atoms with Crippen LogP contribution < -0.4 is 5.73 Å². The zero-order chi connectivity index (χ0) is 15.3. The molecule has 0 radical (unpaired) electrons. The van der Waals surface area contributed by atoms with Gasteiger partial charge in [-0.25, -0.2) is 0 Å². The van der Waals surface area contributed by atoms with E-state index in [2.05, 4.69) is 36.0 Å². The van der Waals surface area contributed by atoms with Crippen LogP contribution in [0.4, 0.5) is 0 Å². The van der Waals surface area contributed by atoms with Gasteiger partial charge in [-0.05, 0) is 43.2 Å². The number of oxime groups is 1. The van der Waals surface area contributed by atoms with Crippen LogP contribution in [0.15, 0.2) is 42.1 Å². The van der Waals surface area contributed by atoms with Crippen molar-refractivity contribution in [2.24, 2.45) is 10.9 Å². The number of aliphatic hydroxyl groups is 1. The summed E-state index contributed by atoms with van der Waals surface area (Å²) in [5.74, 6) is 0.436. The first-order valence-electron chi connectivity index (χ1n) is 7.35. The van der Waals surface area contributed by atoms with E-state index in [1.165, 1.54) is 5.56 Å². The van der Waals surface area contributed by atoms with Gasteiger partial charge in [-0.2, -0.15) is 0 Å². The molecule has 0 spiro atoms. The van der Waals surface area contributed by atoms with E-state index in [1.807, 2.05) is 6.92 Å². The lowest BCUT2D eigenvalue weighted by Crippen LogP contribution is -2.40. The molecule has 0 unspecified atom stereocenters. The Morgan fingerprint density at radius 2 is 2.24 bits per heavy atom. The van der Waals surface area contributed by atoms with Crippen LogP contribution in [-0.4, -0.2) is 29.6 Å². The van der Waals surface area contributed by atoms with Gasteiger partial charge in [0.15, 0.2) is 0 Å². The van der Waals surface area contributed by atoms with Crippen LogP contribution in [-0.2, 0) is 4.84 Å². The van der Waals surface area contributed by atoms with Crippen molar-refractivity contribution in [1.82, 2.24) is 0 Å². The second kappa shape index (κ2) is 6.87. The molecule has 0 bridgehead atoms. The maximum Gasteiger partial charge on any atom is 0.135 e. The van der Waals surface area contributed by atoms with Crippen LogP contribution in [0.25, 0.3) is 0 Å². The molecule has 1 aromatic carbocycles. The van der Waals surface area contributed by atoms with Gasteiger partial charge < -0.3 is 15.7 Å². The highest BCUT2D eigenvalue weighted by molar-refractivity contribution is 5.98. The van der Waals surface area contributed by atoms with Crippen molar-refractivity contribution in [3.63, 3.8) is 0 Å². The molecule has 0 amide bonds. The summed E-state index contributed by atoms with van der Waals surface area (Å²) in [5.41, 5.74) is 8.90. The van der Waals surface area contributed by atoms with Gasteiger partial charge in [0.2, 0.25) is 0 Å². The molecule has 0 saturated heterocycles. The predicted octanol–water partition coefficient (Wildman–Crippen LogP) is 2.57. The van der Waals surface area contributed by atoms with Crippen LogP contribution in [0.5, 0.6) is 0 Å². The van der Waals surface area contributed by atoms with Crippen molar-refractivity contribution in [2.45, 2.75) is 37.6 Å². The first kappa shape index (κ1) is 15.7. The molecule has 2 rings (SSSR count). The lowest BCUT2D eigenvalue weighted by Gasteiger charge is -2.20. The molecule has 1 aliphatic rings. The van der Waals surface area contributed by atoms with E-state index in [4.69, 9.17) is 10.6 Å². The highest BCUT2D eigenvalue weighted by Gasteiger charge is 2.35. The van der Waals surface area contributed by atoms with Crippen LogP contribution >= 0.6 is 0 Å². The largest absolute Gasteiger partial charge is 0.394 e. The average molecular weight is 288 g/mol. The Labute approximate surface area is 126 Å². The van der Waals surface area contributed by atoms with Gasteiger partial charge in [-0.3, -0.25) is 0 Å². The number of aliphatic hydroxyl groups excluding tert-OH is 1. The minimum absolute atomic E-state index is 0.0635. The molecule has 0 aliphatic heterocycles. The van der Waals surface area contributed by atoms with Crippen LogP contribution in [0.1, 0.15) is 43.2 Å². The van der Waals surface area contributed by atoms with Gasteiger partial charge >= 0.3 is 0 Å². The van der Waals surface area contributed by atoms with Crippen molar-refractivity contribution >= 4 is 5.71 Å². The summed E-state index contributed by atoms with van der Waals surface area (Å²) >= 11 is 0. The van der Waals surface area contributed by atoms with E-state index in [1.54, 1.807) is 6.08 Å². The van der Waals surface area contributed by atoms with E-state index in [0.29, 0.717) is 12.5 Å². The van der Waals surface area contributed by atoms with Crippen molar-refractivity contribution < 1.29 is 9.94 Å². The standard InChI is InChI=1S/C17H24N2O2/c1-3-10-21-19-13(2)14-4-6-15(7-5-14)16-8-9-17(18,11-16)12-20/h3-7,16,20H,1,8-12,18H2,2H3/b19-13+/t16-,17-/m1/s1. The summed E-state index contributed by atoms with van der Waals surface area (Å²) in [7, 11) is 0. The third-order valence-electron chi connectivity index (χ3n) is 4.15. The van der Waals surface area contributed by atoms with Crippen LogP contribution in [0.3, 0.4) is 0 Å². The van der Waals surface area contributed by atoms with Gasteiger partial charge in [-0.15, -0.1) is 0 Å². The molecular formula is C17H24N2O2. The Bertz CT molecular complexity index is 510. The molecule has 21 heavy (non-hydrogen) atoms. The van der Waals surface area contributed by atoms with Gasteiger partial charge in [0.05, 0.1) is 12.3 Å². The fraction of sp³-hybridized carbons (Fsp3) is 0.471. The van der Waals surface area contributed by atoms with E-state index >= 15 is 0 Å². The fourth-order valence-corrected chi connectivity index (χ4v) is 2.82. The average Bonchev–Trinajstić information content (AvgIpc) is 2.91. The minimum atomic E-state index is -0.404. The number of benzene rings is 1. The number of hydrogen-bond acceptors (Lipinski definition) is 4. The molecule has 1 aliphatic carbocycles. The third-order valence-corrected chi connectivity index (χ3v) is 4.15. The SMILES string of the molecule is C=CCO/N=C(\C)c1ccc([C@@H]2CC[C@](N)(CO)C2)cc1. The molecule has 114 valence electrons. The maximum atomic E-state index is 9.35. The van der Waals surface area contributed by atoms with Crippen LogP contribution in [0, 0.1) is 0 Å². The molecule has 1 fully saturated rings. The molecule has 2 atom stereocenters. The van der Waals surface area contributed by atoms with Crippen molar-refractivity contribution in [3.05, 3.63) is 48.0 Å². The summed E-state index contributed by atoms with van der Waals surface area (Å²) in [6.07, 6.45) is 4.43. The first-order valence-corrected chi connectivity index (χ1v) is 7.35. The number of nitrogens with zero attached hydrogens (tertiary/aromatic N) is 1. The van der Waals surface area contributed by atoms with Gasteiger partial charge in [0.25, 0.3) is 0 Å². The maximum absolute atomic E-state index is 9.35. The van der Waals surface area contributed by atoms with Gasteiger partial charge in [0, 0.05) is 5.54 Å². The smallest absolute Gasteiger partial charge is 0.135 e. The zero-order valence-corrected chi connectivity index (χ0v) is 12.6. The summed E-state index contributed by atoms with van der Waals surface area (Å²) in [4.78, 5) is 5.10. The van der Waals surface area contributed by atoms with E-state index < -0.39 is 5.54 Å². The molecule has 1 saturated carbocycles. The monoisotopic (exact) mass is 288 g/mol. The molecule has 0 aromatic heterocycles. The number of hydrogen-bond donors (Lipinski definition) is 2. The second-order valence-electron chi connectivity index (χ2n) is 5.84. The van der Waals surface area contributed by atoms with Gasteiger partial charge in [0.1, 0.15) is 6.61 Å². The van der Waals surface area contributed by atoms with Crippen LogP contribution in [0.2, 0.25) is 0 Å². The molecule has 4 heteroatoms. The van der Waals surface area contributed by atoms with Gasteiger partial charge in [-0.1, -0.05) is 42.1 Å². The highest BCUT2D eigenvalue weighted by Crippen LogP contribution is 2.39. The topological polar surface area (TPSA) is 67.8 Å². The quantitative estimate of drug-likeness (QED) is 0.366. The molecule has 0 heterocycles. The van der Waals surface area contributed by atoms with E-state index in [-0.39, 0.29) is 6.61 Å². The summed E-state index contributed by atoms with van der Waals surface area (Å²) in [6, 6.07) is 8.35. The summed E-state index contributed by atoms with van der Waals surface area (Å²) < 4.78 is 0. The second-order valence-corrected chi connectivity index (χ2v) is 5.84. The summed E-state index contributed by atoms with van der Waals surface area (Å²) in [6.45, 7) is 5.98. The Hall–Kier alpha value is -1.65. The number of nitrogens with two attached hydrogens (primary N) is 1. The third kappa shape index (κ3) is 3.93.